The van der Waals surface area contributed by atoms with E-state index in [1.165, 1.54) is 4.90 Å². The number of alkyl carbamates (subject to hydrolysis) is 1. The van der Waals surface area contributed by atoms with Crippen molar-refractivity contribution >= 4 is 12.2 Å². The third-order valence-corrected chi connectivity index (χ3v) is 1.58. The molecule has 0 saturated carbocycles. The highest BCUT2D eigenvalue weighted by molar-refractivity contribution is 5.67. The summed E-state index contributed by atoms with van der Waals surface area (Å²) >= 11 is 0. The van der Waals surface area contributed by atoms with E-state index in [9.17, 15) is 9.59 Å². The zero-order valence-corrected chi connectivity index (χ0v) is 11.2. The summed E-state index contributed by atoms with van der Waals surface area (Å²) in [6.07, 6.45) is -0.294. The Morgan fingerprint density at radius 1 is 1.24 bits per heavy atom. The van der Waals surface area contributed by atoms with Gasteiger partial charge in [0, 0.05) is 20.6 Å². The van der Waals surface area contributed by atoms with Crippen LogP contribution in [0.5, 0.6) is 0 Å². The Morgan fingerprint density at radius 3 is 2.29 bits per heavy atom. The van der Waals surface area contributed by atoms with Gasteiger partial charge in [0.2, 0.25) is 0 Å². The van der Waals surface area contributed by atoms with Crippen LogP contribution in [0.25, 0.3) is 0 Å². The number of rotatable bonds is 4. The van der Waals surface area contributed by atoms with Gasteiger partial charge in [-0.15, -0.1) is 0 Å². The van der Waals surface area contributed by atoms with Gasteiger partial charge in [0.05, 0.1) is 6.61 Å². The monoisotopic (exact) mass is 246 g/mol. The van der Waals surface area contributed by atoms with Crippen molar-refractivity contribution in [2.45, 2.75) is 32.8 Å². The van der Waals surface area contributed by atoms with Crippen LogP contribution < -0.4 is 5.32 Å². The largest absolute Gasteiger partial charge is 0.449 e. The molecule has 0 aliphatic rings. The SMILES string of the molecule is CN(C)C(=O)OCCCNC(=O)OC(C)(C)C. The fourth-order valence-electron chi connectivity index (χ4n) is 0.865. The Morgan fingerprint density at radius 2 is 1.82 bits per heavy atom. The van der Waals surface area contributed by atoms with Crippen LogP contribution in [-0.4, -0.2) is 49.9 Å². The third-order valence-electron chi connectivity index (χ3n) is 1.58. The summed E-state index contributed by atoms with van der Waals surface area (Å²) in [6, 6.07) is 0. The minimum absolute atomic E-state index is 0.271. The van der Waals surface area contributed by atoms with E-state index in [0.29, 0.717) is 13.0 Å². The van der Waals surface area contributed by atoms with Crippen molar-refractivity contribution in [2.75, 3.05) is 27.2 Å². The Kier molecular flexibility index (Phi) is 6.38. The molecule has 0 radical (unpaired) electrons. The van der Waals surface area contributed by atoms with Gasteiger partial charge >= 0.3 is 12.2 Å². The van der Waals surface area contributed by atoms with Crippen LogP contribution in [0.3, 0.4) is 0 Å². The minimum Gasteiger partial charge on any atom is -0.449 e. The smallest absolute Gasteiger partial charge is 0.409 e. The lowest BCUT2D eigenvalue weighted by atomic mass is 10.2. The van der Waals surface area contributed by atoms with Gasteiger partial charge in [-0.2, -0.15) is 0 Å². The number of hydrogen-bond acceptors (Lipinski definition) is 4. The van der Waals surface area contributed by atoms with Crippen LogP contribution in [0.1, 0.15) is 27.2 Å². The van der Waals surface area contributed by atoms with E-state index in [2.05, 4.69) is 5.32 Å². The maximum absolute atomic E-state index is 11.2. The summed E-state index contributed by atoms with van der Waals surface area (Å²) in [7, 11) is 3.22. The Bertz CT molecular complexity index is 259. The summed E-state index contributed by atoms with van der Waals surface area (Å²) in [6.45, 7) is 6.07. The summed E-state index contributed by atoms with van der Waals surface area (Å²) in [5.41, 5.74) is -0.499. The van der Waals surface area contributed by atoms with Gasteiger partial charge in [-0.25, -0.2) is 9.59 Å². The molecule has 0 fully saturated rings. The average molecular weight is 246 g/mol. The van der Waals surface area contributed by atoms with Crippen LogP contribution in [0, 0.1) is 0 Å². The number of nitrogens with one attached hydrogen (secondary N) is 1. The molecule has 0 aromatic rings. The summed E-state index contributed by atoms with van der Waals surface area (Å²) in [5, 5.41) is 2.58. The van der Waals surface area contributed by atoms with Crippen LogP contribution >= 0.6 is 0 Å². The molecule has 1 N–H and O–H groups in total. The lowest BCUT2D eigenvalue weighted by molar-refractivity contribution is 0.0523. The second kappa shape index (κ2) is 6.98. The Labute approximate surface area is 102 Å². The molecule has 0 aliphatic heterocycles. The predicted molar refractivity (Wildman–Crippen MR) is 63.9 cm³/mol. The fourth-order valence-corrected chi connectivity index (χ4v) is 0.865. The fraction of sp³-hybridized carbons (Fsp3) is 0.818. The van der Waals surface area contributed by atoms with E-state index in [4.69, 9.17) is 9.47 Å². The zero-order chi connectivity index (χ0) is 13.5. The van der Waals surface area contributed by atoms with E-state index >= 15 is 0 Å². The number of ether oxygens (including phenoxy) is 2. The number of nitrogens with zero attached hydrogens (tertiary/aromatic N) is 1. The first kappa shape index (κ1) is 15.5. The van der Waals surface area contributed by atoms with E-state index < -0.39 is 11.7 Å². The van der Waals surface area contributed by atoms with E-state index in [0.717, 1.165) is 0 Å². The Hall–Kier alpha value is -1.46. The van der Waals surface area contributed by atoms with Crippen molar-refractivity contribution in [3.63, 3.8) is 0 Å². The molecule has 0 saturated heterocycles. The number of carbonyl (C=O) groups excluding carboxylic acids is 2. The van der Waals surface area contributed by atoms with E-state index in [-0.39, 0.29) is 12.7 Å². The zero-order valence-electron chi connectivity index (χ0n) is 11.2. The second-order valence-corrected chi connectivity index (χ2v) is 4.79. The molecular formula is C11H22N2O4. The highest BCUT2D eigenvalue weighted by Gasteiger charge is 2.15. The highest BCUT2D eigenvalue weighted by atomic mass is 16.6. The van der Waals surface area contributed by atoms with Gasteiger partial charge in [0.15, 0.2) is 0 Å². The van der Waals surface area contributed by atoms with Crippen LogP contribution in [0.2, 0.25) is 0 Å². The first-order valence-electron chi connectivity index (χ1n) is 5.53. The molecule has 0 heterocycles. The van der Waals surface area contributed by atoms with E-state index in [1.807, 2.05) is 0 Å². The van der Waals surface area contributed by atoms with Crippen molar-refractivity contribution < 1.29 is 19.1 Å². The lowest BCUT2D eigenvalue weighted by Crippen LogP contribution is -2.33. The van der Waals surface area contributed by atoms with E-state index in [1.54, 1.807) is 34.9 Å². The second-order valence-electron chi connectivity index (χ2n) is 4.79. The van der Waals surface area contributed by atoms with Crippen LogP contribution in [0.15, 0.2) is 0 Å². The standard InChI is InChI=1S/C11H22N2O4/c1-11(2,3)17-9(14)12-7-6-8-16-10(15)13(4)5/h6-8H2,1-5H3,(H,12,14). The van der Waals surface area contributed by atoms with Gasteiger partial charge in [0.1, 0.15) is 5.60 Å². The van der Waals surface area contributed by atoms with Crippen molar-refractivity contribution in [3.05, 3.63) is 0 Å². The summed E-state index contributed by atoms with van der Waals surface area (Å²) in [4.78, 5) is 23.6. The molecule has 0 aromatic heterocycles. The molecule has 0 spiro atoms. The molecule has 6 heteroatoms. The van der Waals surface area contributed by atoms with Crippen LogP contribution in [0.4, 0.5) is 9.59 Å². The maximum Gasteiger partial charge on any atom is 0.409 e. The maximum atomic E-state index is 11.2. The van der Waals surface area contributed by atoms with Gasteiger partial charge in [-0.1, -0.05) is 0 Å². The number of carbonyl (C=O) groups is 2. The van der Waals surface area contributed by atoms with Gasteiger partial charge in [0.25, 0.3) is 0 Å². The third kappa shape index (κ3) is 9.47. The molecule has 6 nitrogen and oxygen atoms in total. The van der Waals surface area contributed by atoms with Gasteiger partial charge < -0.3 is 19.7 Å². The van der Waals surface area contributed by atoms with Crippen molar-refractivity contribution in [2.24, 2.45) is 0 Å². The molecule has 100 valence electrons. The van der Waals surface area contributed by atoms with Crippen molar-refractivity contribution in [1.29, 1.82) is 0 Å². The van der Waals surface area contributed by atoms with Crippen molar-refractivity contribution in [1.82, 2.24) is 10.2 Å². The normalized spacial score (nSPS) is 10.6. The predicted octanol–water partition coefficient (Wildman–Crippen LogP) is 1.60. The molecule has 0 atom stereocenters. The van der Waals surface area contributed by atoms with Crippen LogP contribution in [-0.2, 0) is 9.47 Å². The number of hydrogen-bond donors (Lipinski definition) is 1. The quantitative estimate of drug-likeness (QED) is 0.765. The average Bonchev–Trinajstić information content (AvgIpc) is 2.13. The topological polar surface area (TPSA) is 67.9 Å². The minimum atomic E-state index is -0.499. The lowest BCUT2D eigenvalue weighted by Gasteiger charge is -2.19. The van der Waals surface area contributed by atoms with Crippen molar-refractivity contribution in [3.8, 4) is 0 Å². The van der Waals surface area contributed by atoms with Gasteiger partial charge in [-0.05, 0) is 27.2 Å². The molecule has 0 bridgehead atoms. The Balaban J connectivity index is 3.53. The molecule has 0 unspecified atom stereocenters. The molecule has 0 rings (SSSR count). The first-order valence-corrected chi connectivity index (χ1v) is 5.53. The molecule has 17 heavy (non-hydrogen) atoms. The summed E-state index contributed by atoms with van der Waals surface area (Å²) in [5.74, 6) is 0. The number of amides is 2. The van der Waals surface area contributed by atoms with Gasteiger partial charge in [-0.3, -0.25) is 0 Å². The first-order chi connectivity index (χ1) is 7.72. The highest BCUT2D eigenvalue weighted by Crippen LogP contribution is 2.06. The summed E-state index contributed by atoms with van der Waals surface area (Å²) < 4.78 is 9.92. The molecule has 2 amide bonds. The molecule has 0 aliphatic carbocycles. The molecule has 0 aromatic carbocycles. The molecular weight excluding hydrogens is 224 g/mol.